The smallest absolute Gasteiger partial charge is 0.150 e. The number of nitrogens with zero attached hydrogens (tertiary/aromatic N) is 1. The highest BCUT2D eigenvalue weighted by molar-refractivity contribution is 6.12. The number of hydrogen-bond acceptors (Lipinski definition) is 3. The Morgan fingerprint density at radius 3 is 3.00 bits per heavy atom. The lowest BCUT2D eigenvalue weighted by atomic mass is 10.2. The van der Waals surface area contributed by atoms with E-state index in [1.807, 2.05) is 11.1 Å². The van der Waals surface area contributed by atoms with Gasteiger partial charge in [0.05, 0.1) is 11.6 Å². The summed E-state index contributed by atoms with van der Waals surface area (Å²) in [6.45, 7) is 0. The molecule has 3 nitrogen and oxygen atoms in total. The first kappa shape index (κ1) is 7.86. The van der Waals surface area contributed by atoms with Crippen molar-refractivity contribution < 1.29 is 4.84 Å². The van der Waals surface area contributed by atoms with Crippen LogP contribution in [0.4, 0.5) is 0 Å². The second-order valence-electron chi connectivity index (χ2n) is 1.82. The predicted molar refractivity (Wildman–Crippen MR) is 40.8 cm³/mol. The van der Waals surface area contributed by atoms with Crippen molar-refractivity contribution in [1.82, 2.24) is 5.00 Å². The van der Waals surface area contributed by atoms with Crippen molar-refractivity contribution in [1.29, 1.82) is 5.26 Å². The monoisotopic (exact) mass is 168 g/mol. The highest BCUT2D eigenvalue weighted by Gasteiger charge is 1.93. The summed E-state index contributed by atoms with van der Waals surface area (Å²) < 4.78 is 0. The fourth-order valence-corrected chi connectivity index (χ4v) is 0.763. The molecule has 11 heavy (non-hydrogen) atoms. The molecular formula is C7H5ClN2O. The van der Waals surface area contributed by atoms with Crippen LogP contribution in [0.1, 0.15) is 5.56 Å². The molecule has 0 fully saturated rings. The predicted octanol–water partition coefficient (Wildman–Crippen LogP) is 1.60. The van der Waals surface area contributed by atoms with Gasteiger partial charge in [-0.15, -0.1) is 0 Å². The number of hydrogen-bond donors (Lipinski definition) is 1. The summed E-state index contributed by atoms with van der Waals surface area (Å²) in [6, 6.07) is 8.64. The third kappa shape index (κ3) is 2.11. The van der Waals surface area contributed by atoms with Gasteiger partial charge in [0.1, 0.15) is 5.75 Å². The Kier molecular flexibility index (Phi) is 2.73. The molecule has 0 atom stereocenters. The van der Waals surface area contributed by atoms with Crippen LogP contribution in [0, 0.1) is 11.3 Å². The first-order valence-electron chi connectivity index (χ1n) is 2.89. The maximum absolute atomic E-state index is 8.47. The Balaban J connectivity index is 2.85. The molecule has 0 heterocycles. The average Bonchev–Trinajstić information content (AvgIpc) is 2.06. The summed E-state index contributed by atoms with van der Waals surface area (Å²) >= 11 is 5.08. The highest BCUT2D eigenvalue weighted by Crippen LogP contribution is 2.11. The number of nitrogens with one attached hydrogen (secondary N) is 1. The van der Waals surface area contributed by atoms with Gasteiger partial charge in [-0.3, -0.25) is 0 Å². The van der Waals surface area contributed by atoms with Crippen LogP contribution in [0.25, 0.3) is 0 Å². The van der Waals surface area contributed by atoms with Gasteiger partial charge in [0.25, 0.3) is 0 Å². The van der Waals surface area contributed by atoms with Crippen LogP contribution < -0.4 is 9.84 Å². The van der Waals surface area contributed by atoms with Gasteiger partial charge in [0, 0.05) is 17.8 Å². The molecule has 0 saturated heterocycles. The Hall–Kier alpha value is -1.24. The van der Waals surface area contributed by atoms with Gasteiger partial charge in [0.15, 0.2) is 0 Å². The fourth-order valence-electron chi connectivity index (χ4n) is 0.674. The molecule has 0 saturated carbocycles. The summed E-state index contributed by atoms with van der Waals surface area (Å²) in [5, 5.41) is 8.47. The van der Waals surface area contributed by atoms with Crippen molar-refractivity contribution in [2.75, 3.05) is 0 Å². The van der Waals surface area contributed by atoms with E-state index in [0.717, 1.165) is 0 Å². The van der Waals surface area contributed by atoms with Gasteiger partial charge in [-0.25, -0.2) is 0 Å². The Bertz CT molecular complexity index is 282. The molecule has 0 bridgehead atoms. The number of rotatable bonds is 2. The van der Waals surface area contributed by atoms with Gasteiger partial charge in [-0.1, -0.05) is 11.1 Å². The van der Waals surface area contributed by atoms with Gasteiger partial charge >= 0.3 is 0 Å². The van der Waals surface area contributed by atoms with Crippen LogP contribution in [-0.4, -0.2) is 0 Å². The van der Waals surface area contributed by atoms with Gasteiger partial charge < -0.3 is 4.84 Å². The Morgan fingerprint density at radius 1 is 1.55 bits per heavy atom. The summed E-state index contributed by atoms with van der Waals surface area (Å²) in [7, 11) is 0. The van der Waals surface area contributed by atoms with Crippen LogP contribution in [0.3, 0.4) is 0 Å². The van der Waals surface area contributed by atoms with Crippen LogP contribution >= 0.6 is 11.8 Å². The first-order valence-corrected chi connectivity index (χ1v) is 3.27. The standard InChI is InChI=1S/C7H5ClN2O/c8-10-11-7-3-1-2-6(4-7)5-9/h1-4,10H. The normalized spacial score (nSPS) is 8.73. The molecule has 0 aliphatic rings. The highest BCUT2D eigenvalue weighted by atomic mass is 35.5. The van der Waals surface area contributed by atoms with E-state index in [9.17, 15) is 0 Å². The minimum absolute atomic E-state index is 0.513. The summed E-state index contributed by atoms with van der Waals surface area (Å²) in [5.41, 5.74) is 0.536. The lowest BCUT2D eigenvalue weighted by Gasteiger charge is -1.99. The minimum Gasteiger partial charge on any atom is -0.393 e. The van der Waals surface area contributed by atoms with Crippen molar-refractivity contribution in [3.63, 3.8) is 0 Å². The van der Waals surface area contributed by atoms with Crippen molar-refractivity contribution in [2.45, 2.75) is 0 Å². The zero-order valence-electron chi connectivity index (χ0n) is 5.54. The minimum atomic E-state index is 0.513. The fraction of sp³-hybridized carbons (Fsp3) is 0. The van der Waals surface area contributed by atoms with Gasteiger partial charge in [-0.2, -0.15) is 5.26 Å². The second-order valence-corrected chi connectivity index (χ2v) is 1.97. The quantitative estimate of drug-likeness (QED) is 0.539. The molecular weight excluding hydrogens is 164 g/mol. The van der Waals surface area contributed by atoms with E-state index in [2.05, 4.69) is 0 Å². The molecule has 1 N–H and O–H groups in total. The van der Waals surface area contributed by atoms with E-state index >= 15 is 0 Å². The lowest BCUT2D eigenvalue weighted by Crippen LogP contribution is -2.03. The van der Waals surface area contributed by atoms with E-state index in [4.69, 9.17) is 21.9 Å². The van der Waals surface area contributed by atoms with Crippen molar-refractivity contribution in [3.05, 3.63) is 29.8 Å². The third-order valence-electron chi connectivity index (χ3n) is 1.12. The van der Waals surface area contributed by atoms with Gasteiger partial charge in [-0.05, 0) is 12.1 Å². The molecule has 1 aromatic carbocycles. The lowest BCUT2D eigenvalue weighted by molar-refractivity contribution is 0.278. The molecule has 0 amide bonds. The molecule has 1 aromatic rings. The molecule has 0 radical (unpaired) electrons. The summed E-state index contributed by atoms with van der Waals surface area (Å²) in [5.74, 6) is 0.513. The van der Waals surface area contributed by atoms with Gasteiger partial charge in [0.2, 0.25) is 0 Å². The van der Waals surface area contributed by atoms with Crippen LogP contribution in [-0.2, 0) is 0 Å². The number of benzene rings is 1. The molecule has 0 aromatic heterocycles. The molecule has 0 unspecified atom stereocenters. The van der Waals surface area contributed by atoms with Crippen molar-refractivity contribution >= 4 is 11.8 Å². The second kappa shape index (κ2) is 3.81. The third-order valence-corrected chi connectivity index (χ3v) is 1.20. The summed E-state index contributed by atoms with van der Waals surface area (Å²) in [4.78, 5) is 6.71. The number of nitriles is 1. The van der Waals surface area contributed by atoms with E-state index in [0.29, 0.717) is 11.3 Å². The van der Waals surface area contributed by atoms with Crippen LogP contribution in [0.5, 0.6) is 5.75 Å². The molecule has 56 valence electrons. The first-order chi connectivity index (χ1) is 5.36. The van der Waals surface area contributed by atoms with Crippen LogP contribution in [0.2, 0.25) is 0 Å². The van der Waals surface area contributed by atoms with Crippen molar-refractivity contribution in [2.24, 2.45) is 0 Å². The maximum Gasteiger partial charge on any atom is 0.150 e. The largest absolute Gasteiger partial charge is 0.393 e. The summed E-state index contributed by atoms with van der Waals surface area (Å²) in [6.07, 6.45) is 0. The molecule has 0 aliphatic heterocycles. The molecule has 0 aliphatic carbocycles. The Labute approximate surface area is 69.2 Å². The van der Waals surface area contributed by atoms with Crippen LogP contribution in [0.15, 0.2) is 24.3 Å². The van der Waals surface area contributed by atoms with E-state index < -0.39 is 0 Å². The molecule has 0 spiro atoms. The van der Waals surface area contributed by atoms with E-state index in [1.165, 1.54) is 0 Å². The Morgan fingerprint density at radius 2 is 2.36 bits per heavy atom. The van der Waals surface area contributed by atoms with E-state index in [-0.39, 0.29) is 0 Å². The number of halogens is 1. The molecule has 4 heteroatoms. The topological polar surface area (TPSA) is 45.0 Å². The average molecular weight is 169 g/mol. The maximum atomic E-state index is 8.47. The zero-order valence-corrected chi connectivity index (χ0v) is 6.30. The molecule has 1 rings (SSSR count). The zero-order chi connectivity index (χ0) is 8.10. The van der Waals surface area contributed by atoms with E-state index in [1.54, 1.807) is 24.3 Å². The van der Waals surface area contributed by atoms with Crippen molar-refractivity contribution in [3.8, 4) is 11.8 Å². The SMILES string of the molecule is N#Cc1cccc(ONCl)c1.